The summed E-state index contributed by atoms with van der Waals surface area (Å²) in [6.07, 6.45) is 0.772. The second-order valence-corrected chi connectivity index (χ2v) is 8.29. The van der Waals surface area contributed by atoms with Crippen molar-refractivity contribution in [3.05, 3.63) is 53.3 Å². The number of aliphatic imine (C=N–C) groups is 1. The molecule has 3 heterocycles. The lowest BCUT2D eigenvalue weighted by atomic mass is 10.1. The van der Waals surface area contributed by atoms with Crippen molar-refractivity contribution < 1.29 is 22.4 Å². The van der Waals surface area contributed by atoms with Crippen LogP contribution in [0.25, 0.3) is 17.4 Å². The Morgan fingerprint density at radius 2 is 2.03 bits per heavy atom. The molecule has 2 aliphatic rings. The number of halogens is 3. The number of hydrogen-bond acceptors (Lipinski definition) is 5. The Kier molecular flexibility index (Phi) is 6.05. The fourth-order valence-corrected chi connectivity index (χ4v) is 4.16. The molecule has 0 aliphatic carbocycles. The number of amides is 1. The van der Waals surface area contributed by atoms with Crippen molar-refractivity contribution in [3.63, 3.8) is 0 Å². The minimum Gasteiger partial charge on any atom is -0.457 e. The number of furan rings is 1. The van der Waals surface area contributed by atoms with Crippen LogP contribution in [-0.2, 0) is 11.0 Å². The number of rotatable bonds is 6. The fraction of sp³-hybridized carbons (Fsp3) is 0.273. The molecule has 2 aliphatic heterocycles. The first-order valence-electron chi connectivity index (χ1n) is 10.0. The van der Waals surface area contributed by atoms with Gasteiger partial charge in [0, 0.05) is 5.56 Å². The van der Waals surface area contributed by atoms with Gasteiger partial charge in [-0.25, -0.2) is 0 Å². The highest BCUT2D eigenvalue weighted by molar-refractivity contribution is 8.26. The second-order valence-electron chi connectivity index (χ2n) is 7.25. The molecule has 0 radical (unpaired) electrons. The van der Waals surface area contributed by atoms with E-state index in [1.54, 1.807) is 0 Å². The molecule has 4 rings (SSSR count). The van der Waals surface area contributed by atoms with Gasteiger partial charge >= 0.3 is 6.18 Å². The second kappa shape index (κ2) is 8.78. The molecule has 0 bridgehead atoms. The lowest BCUT2D eigenvalue weighted by molar-refractivity contribution is -0.137. The van der Waals surface area contributed by atoms with E-state index in [4.69, 9.17) is 9.83 Å². The van der Waals surface area contributed by atoms with Gasteiger partial charge in [-0.3, -0.25) is 10.2 Å². The van der Waals surface area contributed by atoms with E-state index in [0.29, 0.717) is 5.17 Å². The van der Waals surface area contributed by atoms with E-state index >= 15 is 0 Å². The first-order valence-corrected chi connectivity index (χ1v) is 10.8. The van der Waals surface area contributed by atoms with Crippen molar-refractivity contribution in [2.24, 2.45) is 10.1 Å². The number of nitrogens with zero attached hydrogens (tertiary/aromatic N) is 3. The summed E-state index contributed by atoms with van der Waals surface area (Å²) in [5.41, 5.74) is -0.526. The smallest absolute Gasteiger partial charge is 0.416 e. The third-order valence-electron chi connectivity index (χ3n) is 4.88. The summed E-state index contributed by atoms with van der Waals surface area (Å²) in [4.78, 5) is 16.5. The Morgan fingerprint density at radius 1 is 1.22 bits per heavy atom. The standard InChI is InChI=1S/C22H19F3N4O2S/c1-2-3-4-8-18-28-29-19(26)16(20(30)27-21(29)32-18)12-15-9-10-17(31-15)13-6-5-7-14(11-13)22(23,24)25/h5-7,9-12,26H,2-4,8H2,1H3/b16-12-,26-19?. The molecule has 0 saturated carbocycles. The van der Waals surface area contributed by atoms with Crippen molar-refractivity contribution in [1.29, 1.82) is 5.41 Å². The summed E-state index contributed by atoms with van der Waals surface area (Å²) in [5.74, 6) is -0.260. The Hall–Kier alpha value is -3.14. The maximum atomic E-state index is 13.0. The third-order valence-corrected chi connectivity index (χ3v) is 5.85. The monoisotopic (exact) mass is 460 g/mol. The summed E-state index contributed by atoms with van der Waals surface area (Å²) in [7, 11) is 0. The van der Waals surface area contributed by atoms with Gasteiger partial charge in [0.1, 0.15) is 16.6 Å². The van der Waals surface area contributed by atoms with E-state index in [2.05, 4.69) is 17.0 Å². The zero-order valence-electron chi connectivity index (χ0n) is 17.1. The maximum absolute atomic E-state index is 13.0. The lowest BCUT2D eigenvalue weighted by Crippen LogP contribution is -2.35. The molecule has 1 aromatic carbocycles. The van der Waals surface area contributed by atoms with Crippen molar-refractivity contribution >= 4 is 39.8 Å². The third kappa shape index (κ3) is 4.55. The summed E-state index contributed by atoms with van der Waals surface area (Å²) in [5, 5.41) is 15.3. The van der Waals surface area contributed by atoms with Gasteiger partial charge in [-0.05, 0) is 54.9 Å². The van der Waals surface area contributed by atoms with Crippen molar-refractivity contribution in [2.75, 3.05) is 0 Å². The topological polar surface area (TPSA) is 82.0 Å². The molecule has 6 nitrogen and oxygen atoms in total. The zero-order chi connectivity index (χ0) is 22.9. The number of nitrogens with one attached hydrogen (secondary N) is 1. The summed E-state index contributed by atoms with van der Waals surface area (Å²) >= 11 is 1.29. The molecule has 0 unspecified atom stereocenters. The SMILES string of the molecule is CCCCCC1=NN2C(=N)/C(=C/c3ccc(-c4cccc(C(F)(F)F)c4)o3)C(=O)N=C2S1. The number of fused-ring (bicyclic) bond motifs is 1. The van der Waals surface area contributed by atoms with Crippen LogP contribution in [0, 0.1) is 5.41 Å². The van der Waals surface area contributed by atoms with E-state index in [1.807, 2.05) is 0 Å². The van der Waals surface area contributed by atoms with Gasteiger partial charge in [-0.2, -0.15) is 28.3 Å². The van der Waals surface area contributed by atoms with Crippen LogP contribution in [0.4, 0.5) is 13.2 Å². The summed E-state index contributed by atoms with van der Waals surface area (Å²) < 4.78 is 44.6. The first-order chi connectivity index (χ1) is 15.3. The first kappa shape index (κ1) is 22.1. The number of hydrogen-bond donors (Lipinski definition) is 1. The number of carbonyl (C=O) groups excluding carboxylic acids is 1. The van der Waals surface area contributed by atoms with Crippen molar-refractivity contribution in [3.8, 4) is 11.3 Å². The molecule has 32 heavy (non-hydrogen) atoms. The molecule has 0 saturated heterocycles. The number of thioether (sulfide) groups is 1. The molecule has 1 aromatic heterocycles. The largest absolute Gasteiger partial charge is 0.457 e. The molecule has 166 valence electrons. The molecule has 2 aromatic rings. The number of hydrazone groups is 1. The molecule has 1 N–H and O–H groups in total. The summed E-state index contributed by atoms with van der Waals surface area (Å²) in [6, 6.07) is 7.83. The number of alkyl halides is 3. The highest BCUT2D eigenvalue weighted by atomic mass is 32.2. The van der Waals surface area contributed by atoms with E-state index in [9.17, 15) is 18.0 Å². The average Bonchev–Trinajstić information content (AvgIpc) is 3.38. The molecule has 0 spiro atoms. The minimum atomic E-state index is -4.46. The number of unbranched alkanes of at least 4 members (excludes halogenated alkanes) is 2. The highest BCUT2D eigenvalue weighted by Gasteiger charge is 2.35. The van der Waals surface area contributed by atoms with Gasteiger partial charge in [0.05, 0.1) is 11.1 Å². The normalized spacial score (nSPS) is 17.6. The van der Waals surface area contributed by atoms with Crippen LogP contribution in [0.2, 0.25) is 0 Å². The Balaban J connectivity index is 1.56. The van der Waals surface area contributed by atoms with E-state index in [0.717, 1.165) is 42.9 Å². The Bertz CT molecular complexity index is 1160. The van der Waals surface area contributed by atoms with Crippen LogP contribution >= 0.6 is 11.8 Å². The van der Waals surface area contributed by atoms with Gasteiger partial charge in [-0.15, -0.1) is 0 Å². The summed E-state index contributed by atoms with van der Waals surface area (Å²) in [6.45, 7) is 2.11. The lowest BCUT2D eigenvalue weighted by Gasteiger charge is -2.19. The van der Waals surface area contributed by atoms with Crippen LogP contribution in [0.3, 0.4) is 0 Å². The van der Waals surface area contributed by atoms with Crippen molar-refractivity contribution in [2.45, 2.75) is 38.8 Å². The van der Waals surface area contributed by atoms with Gasteiger partial charge in [0.2, 0.25) is 5.17 Å². The van der Waals surface area contributed by atoms with Gasteiger partial charge in [0.25, 0.3) is 5.91 Å². The molecule has 10 heteroatoms. The van der Waals surface area contributed by atoms with Crippen LogP contribution < -0.4 is 0 Å². The van der Waals surface area contributed by atoms with Crippen LogP contribution in [0.1, 0.15) is 43.9 Å². The van der Waals surface area contributed by atoms with E-state index in [1.165, 1.54) is 47.1 Å². The predicted molar refractivity (Wildman–Crippen MR) is 118 cm³/mol. The van der Waals surface area contributed by atoms with Crippen LogP contribution in [0.15, 0.2) is 56.5 Å². The Morgan fingerprint density at radius 3 is 2.78 bits per heavy atom. The molecule has 0 atom stereocenters. The van der Waals surface area contributed by atoms with E-state index in [-0.39, 0.29) is 28.5 Å². The van der Waals surface area contributed by atoms with Crippen molar-refractivity contribution in [1.82, 2.24) is 5.01 Å². The molecule has 1 amide bonds. The molecular formula is C22H19F3N4O2S. The van der Waals surface area contributed by atoms with E-state index < -0.39 is 17.6 Å². The van der Waals surface area contributed by atoms with Crippen LogP contribution in [0.5, 0.6) is 0 Å². The van der Waals surface area contributed by atoms with Crippen LogP contribution in [-0.4, -0.2) is 27.0 Å². The maximum Gasteiger partial charge on any atom is 0.416 e. The number of amidine groups is 2. The predicted octanol–water partition coefficient (Wildman–Crippen LogP) is 6.16. The average molecular weight is 460 g/mol. The number of benzene rings is 1. The minimum absolute atomic E-state index is 0.00199. The molecule has 0 fully saturated rings. The zero-order valence-corrected chi connectivity index (χ0v) is 17.9. The van der Waals surface area contributed by atoms with Gasteiger partial charge < -0.3 is 4.42 Å². The van der Waals surface area contributed by atoms with Gasteiger partial charge in [0.15, 0.2) is 5.84 Å². The Labute approximate surface area is 186 Å². The fourth-order valence-electron chi connectivity index (χ4n) is 3.24. The number of carbonyl (C=O) groups is 1. The molecular weight excluding hydrogens is 441 g/mol. The quantitative estimate of drug-likeness (QED) is 0.413. The highest BCUT2D eigenvalue weighted by Crippen LogP contribution is 2.34. The van der Waals surface area contributed by atoms with Gasteiger partial charge in [-0.1, -0.05) is 31.9 Å².